The van der Waals surface area contributed by atoms with E-state index in [0.717, 1.165) is 47.0 Å². The van der Waals surface area contributed by atoms with Crippen LogP contribution in [0.2, 0.25) is 5.02 Å². The number of rotatable bonds is 5. The summed E-state index contributed by atoms with van der Waals surface area (Å²) in [4.78, 5) is 23.1. The van der Waals surface area contributed by atoms with Crippen LogP contribution in [0.1, 0.15) is 58.0 Å². The van der Waals surface area contributed by atoms with Crippen LogP contribution in [-0.2, 0) is 11.3 Å². The quantitative estimate of drug-likeness (QED) is 0.188. The number of amidine groups is 1. The predicted octanol–water partition coefficient (Wildman–Crippen LogP) is 7.61. The fourth-order valence-electron chi connectivity index (χ4n) is 4.58. The van der Waals surface area contributed by atoms with Gasteiger partial charge in [0.1, 0.15) is 29.8 Å². The van der Waals surface area contributed by atoms with Gasteiger partial charge in [0, 0.05) is 17.1 Å². The molecule has 1 saturated heterocycles. The van der Waals surface area contributed by atoms with Crippen molar-refractivity contribution in [2.75, 3.05) is 6.54 Å². The number of nitrogens with zero attached hydrogens (tertiary/aromatic N) is 4. The molecule has 1 aromatic heterocycles. The molecule has 0 aliphatic carbocycles. The minimum Gasteiger partial charge on any atom is -0.489 e. The Morgan fingerprint density at radius 1 is 1.10 bits per heavy atom. The molecule has 0 spiro atoms. The first kappa shape index (κ1) is 26.7. The van der Waals surface area contributed by atoms with E-state index in [1.54, 1.807) is 6.92 Å². The van der Waals surface area contributed by atoms with Gasteiger partial charge in [-0.05, 0) is 87.2 Å². The molecular weight excluding hydrogens is 516 g/mol. The number of amides is 1. The van der Waals surface area contributed by atoms with Gasteiger partial charge in [-0.1, -0.05) is 47.1 Å². The van der Waals surface area contributed by atoms with E-state index in [1.165, 1.54) is 0 Å². The SMILES string of the molecule is CC(=NC(=O)OC(C)(C)C)N1CCC[C@H]1c1nc(-c2ccc3cc(OCc4ccc(Cl)cc4)ccc3c2)no1. The van der Waals surface area contributed by atoms with Gasteiger partial charge in [-0.25, -0.2) is 4.79 Å². The minimum atomic E-state index is -0.605. The van der Waals surface area contributed by atoms with Crippen LogP contribution >= 0.6 is 11.6 Å². The molecule has 5 rings (SSSR count). The normalized spacial score (nSPS) is 16.1. The first-order chi connectivity index (χ1) is 18.6. The first-order valence-corrected chi connectivity index (χ1v) is 13.3. The summed E-state index contributed by atoms with van der Waals surface area (Å²) >= 11 is 5.96. The summed E-state index contributed by atoms with van der Waals surface area (Å²) in [6.45, 7) is 8.46. The molecule has 0 radical (unpaired) electrons. The smallest absolute Gasteiger partial charge is 0.435 e. The highest BCUT2D eigenvalue weighted by Gasteiger charge is 2.32. The lowest BCUT2D eigenvalue weighted by Crippen LogP contribution is -2.30. The van der Waals surface area contributed by atoms with Gasteiger partial charge >= 0.3 is 6.09 Å². The molecule has 0 saturated carbocycles. The van der Waals surface area contributed by atoms with Crippen molar-refractivity contribution in [3.8, 4) is 17.1 Å². The molecule has 4 aromatic rings. The molecule has 2 heterocycles. The average Bonchev–Trinajstić information content (AvgIpc) is 3.57. The third-order valence-corrected chi connectivity index (χ3v) is 6.68. The van der Waals surface area contributed by atoms with Crippen LogP contribution in [0.15, 0.2) is 70.2 Å². The number of fused-ring (bicyclic) bond motifs is 1. The summed E-state index contributed by atoms with van der Waals surface area (Å²) in [5.74, 6) is 2.39. The van der Waals surface area contributed by atoms with Gasteiger partial charge in [0.15, 0.2) is 0 Å². The topological polar surface area (TPSA) is 90.0 Å². The molecule has 3 aromatic carbocycles. The summed E-state index contributed by atoms with van der Waals surface area (Å²) in [5, 5.41) is 7.04. The Morgan fingerprint density at radius 3 is 2.62 bits per heavy atom. The summed E-state index contributed by atoms with van der Waals surface area (Å²) in [6.07, 6.45) is 1.16. The molecule has 1 aliphatic heterocycles. The second kappa shape index (κ2) is 11.1. The van der Waals surface area contributed by atoms with E-state index in [2.05, 4.69) is 10.1 Å². The molecule has 0 bridgehead atoms. The van der Waals surface area contributed by atoms with Crippen LogP contribution in [-0.4, -0.2) is 39.1 Å². The fourth-order valence-corrected chi connectivity index (χ4v) is 4.71. The van der Waals surface area contributed by atoms with Gasteiger partial charge in [-0.3, -0.25) is 0 Å². The van der Waals surface area contributed by atoms with Crippen LogP contribution in [0, 0.1) is 0 Å². The number of ether oxygens (including phenoxy) is 2. The molecule has 1 fully saturated rings. The number of aromatic nitrogens is 2. The molecule has 1 aliphatic rings. The summed E-state index contributed by atoms with van der Waals surface area (Å²) in [5.41, 5.74) is 1.31. The zero-order chi connectivity index (χ0) is 27.6. The maximum Gasteiger partial charge on any atom is 0.435 e. The van der Waals surface area contributed by atoms with Crippen molar-refractivity contribution in [3.63, 3.8) is 0 Å². The van der Waals surface area contributed by atoms with E-state index in [1.807, 2.05) is 86.3 Å². The van der Waals surface area contributed by atoms with Crippen LogP contribution in [0.5, 0.6) is 5.75 Å². The zero-order valence-corrected chi connectivity index (χ0v) is 23.2. The lowest BCUT2D eigenvalue weighted by Gasteiger charge is -2.24. The van der Waals surface area contributed by atoms with E-state index in [-0.39, 0.29) is 6.04 Å². The number of carbonyl (C=O) groups excluding carboxylic acids is 1. The summed E-state index contributed by atoms with van der Waals surface area (Å²) < 4.78 is 17.0. The van der Waals surface area contributed by atoms with E-state index in [4.69, 9.17) is 30.6 Å². The van der Waals surface area contributed by atoms with Gasteiger partial charge < -0.3 is 18.9 Å². The van der Waals surface area contributed by atoms with Crippen molar-refractivity contribution >= 4 is 34.3 Å². The molecule has 202 valence electrons. The van der Waals surface area contributed by atoms with Gasteiger partial charge in [0.2, 0.25) is 11.7 Å². The highest BCUT2D eigenvalue weighted by Crippen LogP contribution is 2.33. The van der Waals surface area contributed by atoms with Crippen molar-refractivity contribution in [3.05, 3.63) is 77.1 Å². The summed E-state index contributed by atoms with van der Waals surface area (Å²) in [7, 11) is 0. The van der Waals surface area contributed by atoms with E-state index < -0.39 is 11.7 Å². The van der Waals surface area contributed by atoms with Crippen molar-refractivity contribution < 1.29 is 18.8 Å². The predicted molar refractivity (Wildman–Crippen MR) is 151 cm³/mol. The molecule has 1 amide bonds. The van der Waals surface area contributed by atoms with Crippen LogP contribution < -0.4 is 4.74 Å². The number of benzene rings is 3. The van der Waals surface area contributed by atoms with Crippen molar-refractivity contribution in [1.29, 1.82) is 0 Å². The van der Waals surface area contributed by atoms with Crippen molar-refractivity contribution in [2.24, 2.45) is 4.99 Å². The monoisotopic (exact) mass is 546 g/mol. The number of halogens is 1. The molecule has 8 nitrogen and oxygen atoms in total. The highest BCUT2D eigenvalue weighted by molar-refractivity contribution is 6.30. The van der Waals surface area contributed by atoms with Gasteiger partial charge in [-0.15, -0.1) is 0 Å². The van der Waals surface area contributed by atoms with Gasteiger partial charge in [-0.2, -0.15) is 9.98 Å². The molecule has 39 heavy (non-hydrogen) atoms. The van der Waals surface area contributed by atoms with Crippen LogP contribution in [0.4, 0.5) is 4.79 Å². The highest BCUT2D eigenvalue weighted by atomic mass is 35.5. The van der Waals surface area contributed by atoms with E-state index in [9.17, 15) is 4.79 Å². The largest absolute Gasteiger partial charge is 0.489 e. The molecule has 1 atom stereocenters. The zero-order valence-electron chi connectivity index (χ0n) is 22.5. The number of aliphatic imine (C=N–C) groups is 1. The maximum absolute atomic E-state index is 12.2. The summed E-state index contributed by atoms with van der Waals surface area (Å²) in [6, 6.07) is 19.5. The Bertz CT molecular complexity index is 1510. The lowest BCUT2D eigenvalue weighted by molar-refractivity contribution is 0.0601. The second-order valence-corrected chi connectivity index (χ2v) is 11.0. The molecule has 0 unspecified atom stereocenters. The van der Waals surface area contributed by atoms with Crippen molar-refractivity contribution in [2.45, 2.75) is 58.8 Å². The first-order valence-electron chi connectivity index (χ1n) is 12.9. The second-order valence-electron chi connectivity index (χ2n) is 10.6. The Balaban J connectivity index is 1.28. The minimum absolute atomic E-state index is 0.141. The number of likely N-dealkylation sites (tertiary alicyclic amines) is 1. The third kappa shape index (κ3) is 6.57. The average molecular weight is 547 g/mol. The number of carbonyl (C=O) groups is 1. The lowest BCUT2D eigenvalue weighted by atomic mass is 10.1. The Morgan fingerprint density at radius 2 is 1.85 bits per heavy atom. The molecule has 9 heteroatoms. The van der Waals surface area contributed by atoms with Crippen LogP contribution in [0.25, 0.3) is 22.2 Å². The van der Waals surface area contributed by atoms with Gasteiger partial charge in [0.25, 0.3) is 0 Å². The van der Waals surface area contributed by atoms with Crippen LogP contribution in [0.3, 0.4) is 0 Å². The van der Waals surface area contributed by atoms with Crippen molar-refractivity contribution in [1.82, 2.24) is 15.0 Å². The molecular formula is C30H31ClN4O4. The maximum atomic E-state index is 12.2. The Kier molecular flexibility index (Phi) is 7.57. The van der Waals surface area contributed by atoms with E-state index >= 15 is 0 Å². The van der Waals surface area contributed by atoms with E-state index in [0.29, 0.717) is 29.2 Å². The number of hydrogen-bond acceptors (Lipinski definition) is 6. The van der Waals surface area contributed by atoms with Gasteiger partial charge in [0.05, 0.1) is 0 Å². The molecule has 0 N–H and O–H groups in total. The standard InChI is InChI=1S/C30H31ClN4O4/c1-19(32-29(36)38-30(2,3)4)35-15-5-6-26(35)28-33-27(34-39-28)23-10-9-22-17-25(14-11-21(22)16-23)37-18-20-7-12-24(31)13-8-20/h7-14,16-17,26H,5-6,15,18H2,1-4H3/t26-/m0/s1. The third-order valence-electron chi connectivity index (χ3n) is 6.43. The Hall–Kier alpha value is -3.91. The number of hydrogen-bond donors (Lipinski definition) is 0. The Labute approximate surface area is 232 Å². The fraction of sp³-hybridized carbons (Fsp3) is 0.333.